The molecule has 1 aliphatic heterocycles. The molecule has 1 aliphatic rings. The highest BCUT2D eigenvalue weighted by atomic mass is 32.1. The number of hydrogen-bond acceptors (Lipinski definition) is 6. The van der Waals surface area contributed by atoms with Crippen molar-refractivity contribution in [3.63, 3.8) is 0 Å². The molecular weight excluding hydrogens is 520 g/mol. The summed E-state index contributed by atoms with van der Waals surface area (Å²) in [5, 5.41) is 15.1. The molecule has 2 aromatic carbocycles. The van der Waals surface area contributed by atoms with E-state index in [1.807, 2.05) is 82.4 Å². The van der Waals surface area contributed by atoms with Gasteiger partial charge in [0.05, 0.1) is 27.5 Å². The van der Waals surface area contributed by atoms with Gasteiger partial charge < -0.3 is 15.6 Å². The van der Waals surface area contributed by atoms with Gasteiger partial charge in [0.15, 0.2) is 11.6 Å². The van der Waals surface area contributed by atoms with Crippen LogP contribution in [0.15, 0.2) is 66.5 Å². The van der Waals surface area contributed by atoms with Crippen LogP contribution < -0.4 is 10.6 Å². The summed E-state index contributed by atoms with van der Waals surface area (Å²) in [5.41, 5.74) is 6.61. The number of dihydropyridines is 1. The number of carbonyl (C=O) groups is 2. The average Bonchev–Trinajstić information content (AvgIpc) is 3.66. The van der Waals surface area contributed by atoms with Crippen LogP contribution in [-0.2, 0) is 4.79 Å². The molecule has 0 spiro atoms. The maximum atomic E-state index is 12.6. The molecule has 0 radical (unpaired) electrons. The van der Waals surface area contributed by atoms with E-state index in [1.165, 1.54) is 11.3 Å². The van der Waals surface area contributed by atoms with E-state index >= 15 is 0 Å². The first-order chi connectivity index (χ1) is 19.1. The summed E-state index contributed by atoms with van der Waals surface area (Å²) in [7, 11) is 0. The minimum atomic E-state index is -0.488. The second kappa shape index (κ2) is 9.60. The molecular formula is C31H30N6O2S. The van der Waals surface area contributed by atoms with Gasteiger partial charge in [-0.2, -0.15) is 5.10 Å². The number of H-pyrrole nitrogens is 2. The highest BCUT2D eigenvalue weighted by Crippen LogP contribution is 2.35. The van der Waals surface area contributed by atoms with Gasteiger partial charge in [-0.15, -0.1) is 11.3 Å². The van der Waals surface area contributed by atoms with Gasteiger partial charge in [-0.05, 0) is 61.4 Å². The number of para-hydroxylation sites is 1. The Kier molecular flexibility index (Phi) is 6.18. The lowest BCUT2D eigenvalue weighted by molar-refractivity contribution is -0.127. The molecule has 3 aromatic heterocycles. The molecule has 0 aliphatic carbocycles. The van der Waals surface area contributed by atoms with Crippen molar-refractivity contribution in [1.29, 1.82) is 0 Å². The van der Waals surface area contributed by atoms with Crippen molar-refractivity contribution in [2.75, 3.05) is 0 Å². The fraction of sp³-hybridized carbons (Fsp3) is 0.226. The lowest BCUT2D eigenvalue weighted by Crippen LogP contribution is -2.41. The number of rotatable bonds is 5. The highest BCUT2D eigenvalue weighted by molar-refractivity contribution is 7.17. The summed E-state index contributed by atoms with van der Waals surface area (Å²) < 4.78 is 0. The third-order valence-corrected chi connectivity index (χ3v) is 8.28. The number of aromatic nitrogens is 4. The fourth-order valence-corrected chi connectivity index (χ4v) is 5.58. The van der Waals surface area contributed by atoms with Crippen LogP contribution in [0.2, 0.25) is 0 Å². The Hall–Kier alpha value is -4.50. The molecule has 0 saturated heterocycles. The number of aromatic amines is 2. The molecule has 1 atom stereocenters. The molecule has 8 nitrogen and oxygen atoms in total. The Bertz CT molecular complexity index is 1860. The molecule has 0 bridgehead atoms. The van der Waals surface area contributed by atoms with Crippen molar-refractivity contribution in [3.8, 4) is 22.0 Å². The maximum Gasteiger partial charge on any atom is 0.229 e. The summed E-state index contributed by atoms with van der Waals surface area (Å²) >= 11 is 1.47. The van der Waals surface area contributed by atoms with E-state index in [9.17, 15) is 9.59 Å². The van der Waals surface area contributed by atoms with Gasteiger partial charge in [0.2, 0.25) is 5.91 Å². The van der Waals surface area contributed by atoms with Gasteiger partial charge in [-0.1, -0.05) is 39.0 Å². The van der Waals surface area contributed by atoms with E-state index in [0.717, 1.165) is 59.8 Å². The SMILES string of the molecule is CC(=O)c1ccc(-c2cccc3[nH]c(-c4n[nH]c5ccc(C6=CNC(C)C(NC(=O)C(C)(C)C)=C6)cc45)nc23)s1. The molecule has 0 saturated carbocycles. The Balaban J connectivity index is 1.38. The van der Waals surface area contributed by atoms with Gasteiger partial charge in [0.1, 0.15) is 5.69 Å². The quantitative estimate of drug-likeness (QED) is 0.189. The van der Waals surface area contributed by atoms with E-state index in [1.54, 1.807) is 6.92 Å². The molecule has 4 N–H and O–H groups in total. The van der Waals surface area contributed by atoms with Crippen LogP contribution in [-0.4, -0.2) is 37.9 Å². The summed E-state index contributed by atoms with van der Waals surface area (Å²) in [6, 6.07) is 16.0. The van der Waals surface area contributed by atoms with Crippen molar-refractivity contribution < 1.29 is 9.59 Å². The predicted molar refractivity (Wildman–Crippen MR) is 161 cm³/mol. The molecule has 9 heteroatoms. The lowest BCUT2D eigenvalue weighted by atomic mass is 9.94. The van der Waals surface area contributed by atoms with E-state index in [2.05, 4.69) is 31.9 Å². The highest BCUT2D eigenvalue weighted by Gasteiger charge is 2.25. The summed E-state index contributed by atoms with van der Waals surface area (Å²) in [6.45, 7) is 9.31. The first kappa shape index (κ1) is 25.8. The monoisotopic (exact) mass is 550 g/mol. The summed E-state index contributed by atoms with van der Waals surface area (Å²) in [4.78, 5) is 34.6. The number of carbonyl (C=O) groups excluding carboxylic acids is 2. The molecule has 202 valence electrons. The van der Waals surface area contributed by atoms with Crippen molar-refractivity contribution in [3.05, 3.63) is 76.9 Å². The van der Waals surface area contributed by atoms with Crippen LogP contribution in [0, 0.1) is 5.41 Å². The van der Waals surface area contributed by atoms with Crippen molar-refractivity contribution in [2.45, 2.75) is 40.7 Å². The zero-order valence-corrected chi connectivity index (χ0v) is 23.8. The minimum absolute atomic E-state index is 0.0112. The second-order valence-electron chi connectivity index (χ2n) is 11.1. The Labute approximate surface area is 235 Å². The smallest absolute Gasteiger partial charge is 0.229 e. The topological polar surface area (TPSA) is 116 Å². The largest absolute Gasteiger partial charge is 0.382 e. The number of imidazole rings is 1. The number of ketones is 1. The van der Waals surface area contributed by atoms with Gasteiger partial charge in [0.25, 0.3) is 0 Å². The fourth-order valence-electron chi connectivity index (χ4n) is 4.66. The summed E-state index contributed by atoms with van der Waals surface area (Å²) in [5.74, 6) is 0.694. The van der Waals surface area contributed by atoms with E-state index in [-0.39, 0.29) is 17.7 Å². The van der Waals surface area contributed by atoms with Crippen LogP contribution in [0.4, 0.5) is 0 Å². The molecule has 4 heterocycles. The number of nitrogens with one attached hydrogen (secondary N) is 4. The molecule has 6 rings (SSSR count). The van der Waals surface area contributed by atoms with Crippen molar-refractivity contribution in [1.82, 2.24) is 30.8 Å². The third kappa shape index (κ3) is 4.62. The van der Waals surface area contributed by atoms with Gasteiger partial charge in [0, 0.05) is 33.1 Å². The molecule has 0 fully saturated rings. The van der Waals surface area contributed by atoms with Gasteiger partial charge >= 0.3 is 0 Å². The third-order valence-electron chi connectivity index (χ3n) is 7.06. The molecule has 40 heavy (non-hydrogen) atoms. The zero-order valence-electron chi connectivity index (χ0n) is 23.0. The molecule has 1 unspecified atom stereocenters. The van der Waals surface area contributed by atoms with E-state index in [0.29, 0.717) is 5.82 Å². The van der Waals surface area contributed by atoms with E-state index in [4.69, 9.17) is 4.98 Å². The lowest BCUT2D eigenvalue weighted by Gasteiger charge is -2.26. The van der Waals surface area contributed by atoms with Crippen LogP contribution in [0.25, 0.3) is 49.5 Å². The number of nitrogens with zero attached hydrogens (tertiary/aromatic N) is 2. The number of benzene rings is 2. The number of allylic oxidation sites excluding steroid dienone is 2. The first-order valence-corrected chi connectivity index (χ1v) is 14.0. The molecule has 5 aromatic rings. The number of Topliss-reactive ketones (excluding diaryl/α,β-unsaturated/α-hetero) is 1. The number of hydrogen-bond donors (Lipinski definition) is 4. The predicted octanol–water partition coefficient (Wildman–Crippen LogP) is 6.42. The van der Waals surface area contributed by atoms with Gasteiger partial charge in [-0.3, -0.25) is 14.7 Å². The Morgan fingerprint density at radius 2 is 1.88 bits per heavy atom. The second-order valence-corrected chi connectivity index (χ2v) is 12.2. The first-order valence-electron chi connectivity index (χ1n) is 13.2. The number of thiophene rings is 1. The Morgan fingerprint density at radius 3 is 2.62 bits per heavy atom. The zero-order chi connectivity index (χ0) is 28.2. The van der Waals surface area contributed by atoms with Crippen molar-refractivity contribution >= 4 is 50.5 Å². The van der Waals surface area contributed by atoms with Gasteiger partial charge in [-0.25, -0.2) is 4.98 Å². The normalized spacial score (nSPS) is 15.6. The van der Waals surface area contributed by atoms with Crippen LogP contribution in [0.3, 0.4) is 0 Å². The molecule has 1 amide bonds. The number of amides is 1. The average molecular weight is 551 g/mol. The van der Waals surface area contributed by atoms with Crippen molar-refractivity contribution in [2.24, 2.45) is 5.41 Å². The van der Waals surface area contributed by atoms with Crippen LogP contribution in [0.1, 0.15) is 49.9 Å². The standard InChI is InChI=1S/C31H30N6O2S/c1-16-24(34-30(39)31(3,4)5)14-19(15-32-16)18-9-10-22-21(13-18)28(37-36-22)29-33-23-8-6-7-20(27(23)35-29)26-12-11-25(40-26)17(2)38/h6-16,32H,1-5H3,(H,33,35)(H,34,39)(H,36,37). The minimum Gasteiger partial charge on any atom is -0.382 e. The Morgan fingerprint density at radius 1 is 1.05 bits per heavy atom. The number of fused-ring (bicyclic) bond motifs is 2. The summed E-state index contributed by atoms with van der Waals surface area (Å²) in [6.07, 6.45) is 4.00. The van der Waals surface area contributed by atoms with E-state index < -0.39 is 5.41 Å². The van der Waals surface area contributed by atoms with Crippen LogP contribution >= 0.6 is 11.3 Å². The maximum absolute atomic E-state index is 12.6. The van der Waals surface area contributed by atoms with Crippen LogP contribution in [0.5, 0.6) is 0 Å².